The number of benzene rings is 2. The Morgan fingerprint density at radius 2 is 1.90 bits per heavy atom. The molecule has 0 bridgehead atoms. The lowest BCUT2D eigenvalue weighted by atomic mass is 9.96. The molecule has 0 radical (unpaired) electrons. The second-order valence-electron chi connectivity index (χ2n) is 10.4. The Balaban J connectivity index is 1.51. The van der Waals surface area contributed by atoms with Crippen molar-refractivity contribution in [1.82, 2.24) is 9.97 Å². The Hall–Kier alpha value is -2.84. The van der Waals surface area contributed by atoms with Gasteiger partial charge in [-0.05, 0) is 55.7 Å². The Kier molecular flexibility index (Phi) is 9.24. The molecular weight excluding hydrogens is 525 g/mol. The summed E-state index contributed by atoms with van der Waals surface area (Å²) in [5.41, 5.74) is 1.69. The first kappa shape index (κ1) is 27.7. The average molecular weight is 563 g/mol. The highest BCUT2D eigenvalue weighted by molar-refractivity contribution is 8.10. The van der Waals surface area contributed by atoms with Gasteiger partial charge in [0.25, 0.3) is 0 Å². The van der Waals surface area contributed by atoms with Crippen LogP contribution < -0.4 is 14.8 Å². The number of aromatic nitrogens is 2. The van der Waals surface area contributed by atoms with Gasteiger partial charge in [0.15, 0.2) is 0 Å². The predicted molar refractivity (Wildman–Crippen MR) is 166 cm³/mol. The summed E-state index contributed by atoms with van der Waals surface area (Å²) in [6.07, 6.45) is 10.9. The van der Waals surface area contributed by atoms with E-state index in [1.165, 1.54) is 31.0 Å². The number of rotatable bonds is 12. The number of thioether (sulfide) groups is 1. The Labute approximate surface area is 238 Å². The van der Waals surface area contributed by atoms with Gasteiger partial charge in [0.2, 0.25) is 5.95 Å². The van der Waals surface area contributed by atoms with Crippen molar-refractivity contribution in [3.05, 3.63) is 72.1 Å². The summed E-state index contributed by atoms with van der Waals surface area (Å²) in [7, 11) is -1.07. The molecule has 2 atom stereocenters. The molecule has 5 rings (SSSR count). The van der Waals surface area contributed by atoms with Crippen LogP contribution in [0.4, 0.5) is 11.6 Å². The number of nitrogens with one attached hydrogen (secondary N) is 2. The van der Waals surface area contributed by atoms with Crippen molar-refractivity contribution in [2.75, 3.05) is 10.0 Å². The molecule has 6 nitrogen and oxygen atoms in total. The number of nitrogens with zero attached hydrogens (tertiary/aromatic N) is 2. The van der Waals surface area contributed by atoms with Gasteiger partial charge in [-0.1, -0.05) is 75.7 Å². The van der Waals surface area contributed by atoms with Crippen LogP contribution in [0.5, 0.6) is 5.75 Å². The molecule has 2 saturated carbocycles. The maximum atomic E-state index is 12.6. The van der Waals surface area contributed by atoms with E-state index in [1.54, 1.807) is 0 Å². The highest BCUT2D eigenvalue weighted by atomic mass is 32.2. The van der Waals surface area contributed by atoms with Crippen LogP contribution in [0.2, 0.25) is 0 Å². The van der Waals surface area contributed by atoms with Crippen LogP contribution in [0.3, 0.4) is 0 Å². The highest BCUT2D eigenvalue weighted by Gasteiger charge is 2.29. The second kappa shape index (κ2) is 13.0. The molecule has 3 aromatic rings. The third-order valence-corrected chi connectivity index (χ3v) is 9.76. The minimum absolute atomic E-state index is 0.149. The van der Waals surface area contributed by atoms with Crippen LogP contribution in [0.25, 0.3) is 15.7 Å². The summed E-state index contributed by atoms with van der Waals surface area (Å²) in [5, 5.41) is 7.60. The van der Waals surface area contributed by atoms with Crippen LogP contribution >= 0.6 is 11.8 Å². The van der Waals surface area contributed by atoms with Crippen LogP contribution in [-0.2, 0) is 11.0 Å². The molecule has 2 aliphatic carbocycles. The smallest absolute Gasteiger partial charge is 0.223 e. The first-order chi connectivity index (χ1) is 19.1. The predicted octanol–water partition coefficient (Wildman–Crippen LogP) is 8.28. The standard InChI is InChI=1S/C31H38N4O2S2/c1-4-21(3)29(30(38-5-2)27-19-20-32-31(34-27)33-22-11-7-6-8-12-22)37-28-18-17-26(35-39(36)23-15-16-23)24-13-9-10-14-25(24)28/h5,9-10,13-14,17-23,35H,2,4,6-8,11-12,15-16H2,1,3H3,(H,32,33,34)/b30-29+. The lowest BCUT2D eigenvalue weighted by Gasteiger charge is -2.23. The second-order valence-corrected chi connectivity index (χ2v) is 12.8. The minimum Gasteiger partial charge on any atom is -0.460 e. The summed E-state index contributed by atoms with van der Waals surface area (Å²) in [5.74, 6) is 2.43. The maximum Gasteiger partial charge on any atom is 0.223 e. The summed E-state index contributed by atoms with van der Waals surface area (Å²) in [4.78, 5) is 10.4. The van der Waals surface area contributed by atoms with Gasteiger partial charge in [0.05, 0.1) is 21.5 Å². The number of ether oxygens (including phenoxy) is 1. The fourth-order valence-electron chi connectivity index (χ4n) is 4.91. The molecule has 2 aromatic carbocycles. The largest absolute Gasteiger partial charge is 0.460 e. The van der Waals surface area contributed by atoms with E-state index in [0.717, 1.165) is 70.7 Å². The molecule has 2 aliphatic rings. The Morgan fingerprint density at radius 3 is 2.62 bits per heavy atom. The fraction of sp³-hybridized carbons (Fsp3) is 0.419. The quantitative estimate of drug-likeness (QED) is 0.216. The molecule has 2 N–H and O–H groups in total. The molecule has 0 aliphatic heterocycles. The molecule has 206 valence electrons. The van der Waals surface area contributed by atoms with E-state index in [9.17, 15) is 4.21 Å². The number of anilines is 2. The summed E-state index contributed by atoms with van der Waals surface area (Å²) in [6.45, 7) is 8.35. The van der Waals surface area contributed by atoms with Crippen molar-refractivity contribution in [3.8, 4) is 5.75 Å². The first-order valence-corrected chi connectivity index (χ1v) is 16.1. The van der Waals surface area contributed by atoms with Gasteiger partial charge < -0.3 is 14.8 Å². The lowest BCUT2D eigenvalue weighted by Crippen LogP contribution is -2.23. The summed E-state index contributed by atoms with van der Waals surface area (Å²) in [6, 6.07) is 14.4. The molecule has 2 fully saturated rings. The zero-order chi connectivity index (χ0) is 27.2. The zero-order valence-electron chi connectivity index (χ0n) is 22.8. The van der Waals surface area contributed by atoms with Crippen LogP contribution in [0, 0.1) is 5.92 Å². The molecule has 2 unspecified atom stereocenters. The van der Waals surface area contributed by atoms with Gasteiger partial charge in [-0.3, -0.25) is 0 Å². The molecule has 1 heterocycles. The summed E-state index contributed by atoms with van der Waals surface area (Å²) >= 11 is 1.53. The van der Waals surface area contributed by atoms with Crippen LogP contribution in [0.15, 0.2) is 66.4 Å². The number of hydrogen-bond donors (Lipinski definition) is 2. The number of fused-ring (bicyclic) bond motifs is 1. The van der Waals surface area contributed by atoms with Crippen molar-refractivity contribution in [2.24, 2.45) is 5.92 Å². The minimum atomic E-state index is -1.07. The van der Waals surface area contributed by atoms with Crippen molar-refractivity contribution in [2.45, 2.75) is 76.5 Å². The summed E-state index contributed by atoms with van der Waals surface area (Å²) < 4.78 is 22.6. The zero-order valence-corrected chi connectivity index (χ0v) is 24.5. The molecular formula is C31H38N4O2S2. The monoisotopic (exact) mass is 562 g/mol. The Bertz CT molecular complexity index is 1370. The van der Waals surface area contributed by atoms with Gasteiger partial charge in [0.1, 0.15) is 22.5 Å². The van der Waals surface area contributed by atoms with Gasteiger partial charge in [-0.25, -0.2) is 14.2 Å². The number of hydrogen-bond acceptors (Lipinski definition) is 6. The SMILES string of the molecule is C=CS/C(=C(/Oc1ccc(NS(=O)C2CC2)c2ccccc12)C(C)CC)c1ccnc(NC2CCCCC2)n1. The van der Waals surface area contributed by atoms with E-state index in [1.807, 2.05) is 48.0 Å². The topological polar surface area (TPSA) is 76.1 Å². The molecule has 1 aromatic heterocycles. The normalized spacial score (nSPS) is 18.2. The fourth-order valence-corrected chi connectivity index (χ4v) is 6.80. The van der Waals surface area contributed by atoms with Crippen LogP contribution in [0.1, 0.15) is 70.9 Å². The van der Waals surface area contributed by atoms with Crippen molar-refractivity contribution < 1.29 is 8.95 Å². The third kappa shape index (κ3) is 6.84. The third-order valence-electron chi connectivity index (χ3n) is 7.45. The van der Waals surface area contributed by atoms with E-state index in [-0.39, 0.29) is 11.2 Å². The highest BCUT2D eigenvalue weighted by Crippen LogP contribution is 2.40. The van der Waals surface area contributed by atoms with Gasteiger partial charge in [-0.2, -0.15) is 0 Å². The molecule has 39 heavy (non-hydrogen) atoms. The molecule has 0 amide bonds. The van der Waals surface area contributed by atoms with Gasteiger partial charge in [0, 0.05) is 28.9 Å². The van der Waals surface area contributed by atoms with E-state index in [2.05, 4.69) is 41.5 Å². The lowest BCUT2D eigenvalue weighted by molar-refractivity contribution is 0.360. The van der Waals surface area contributed by atoms with Crippen LogP contribution in [-0.4, -0.2) is 25.5 Å². The van der Waals surface area contributed by atoms with Crippen molar-refractivity contribution >= 4 is 50.1 Å². The molecule has 0 spiro atoms. The van der Waals surface area contributed by atoms with E-state index < -0.39 is 11.0 Å². The number of allylic oxidation sites excluding steroid dienone is 1. The van der Waals surface area contributed by atoms with E-state index in [4.69, 9.17) is 9.72 Å². The molecule has 0 saturated heterocycles. The van der Waals surface area contributed by atoms with E-state index in [0.29, 0.717) is 12.0 Å². The molecule has 8 heteroatoms. The van der Waals surface area contributed by atoms with Gasteiger partial charge >= 0.3 is 0 Å². The average Bonchev–Trinajstić information content (AvgIpc) is 3.82. The Morgan fingerprint density at radius 1 is 1.13 bits per heavy atom. The van der Waals surface area contributed by atoms with Crippen molar-refractivity contribution in [1.29, 1.82) is 0 Å². The van der Waals surface area contributed by atoms with Crippen molar-refractivity contribution in [3.63, 3.8) is 0 Å². The first-order valence-electron chi connectivity index (χ1n) is 14.1. The van der Waals surface area contributed by atoms with E-state index >= 15 is 0 Å². The maximum absolute atomic E-state index is 12.6. The van der Waals surface area contributed by atoms with Gasteiger partial charge in [-0.15, -0.1) is 0 Å².